The number of rotatable bonds is 3. The number of fused-ring (bicyclic) bond motifs is 1. The molecule has 1 atom stereocenters. The Morgan fingerprint density at radius 3 is 2.63 bits per heavy atom. The van der Waals surface area contributed by atoms with Crippen molar-refractivity contribution in [3.63, 3.8) is 0 Å². The van der Waals surface area contributed by atoms with Gasteiger partial charge in [-0.25, -0.2) is 8.78 Å². The molecule has 0 amide bonds. The van der Waals surface area contributed by atoms with E-state index < -0.39 is 12.5 Å². The molecule has 1 aromatic heterocycles. The maximum atomic E-state index is 13.4. The van der Waals surface area contributed by atoms with Gasteiger partial charge in [-0.05, 0) is 23.1 Å². The topological polar surface area (TPSA) is 31.1 Å². The zero-order chi connectivity index (χ0) is 13.2. The minimum Gasteiger partial charge on any atom is -0.361 e. The summed E-state index contributed by atoms with van der Waals surface area (Å²) in [5.74, 6) is 0. The third-order valence-corrected chi connectivity index (χ3v) is 3.70. The van der Waals surface area contributed by atoms with Crippen molar-refractivity contribution in [1.29, 1.82) is 0 Å². The molecule has 3 nitrogen and oxygen atoms in total. The number of aromatic amines is 1. The lowest BCUT2D eigenvalue weighted by molar-refractivity contribution is 0.0182. The van der Waals surface area contributed by atoms with Gasteiger partial charge in [-0.3, -0.25) is 4.90 Å². The molecule has 1 fully saturated rings. The SMILES string of the molecule is FC(F)[C@@H](c1ccc2cc[nH]c2c1)N1CCNCC1. The van der Waals surface area contributed by atoms with E-state index in [-0.39, 0.29) is 0 Å². The third kappa shape index (κ3) is 2.48. The Morgan fingerprint density at radius 2 is 1.89 bits per heavy atom. The molecule has 2 heterocycles. The molecule has 0 unspecified atom stereocenters. The predicted octanol–water partition coefficient (Wildman–Crippen LogP) is 2.38. The molecule has 102 valence electrons. The number of nitrogens with one attached hydrogen (secondary N) is 2. The molecule has 3 rings (SSSR count). The van der Waals surface area contributed by atoms with E-state index in [0.29, 0.717) is 18.7 Å². The molecule has 1 aliphatic heterocycles. The van der Waals surface area contributed by atoms with Crippen molar-refractivity contribution >= 4 is 10.9 Å². The van der Waals surface area contributed by atoms with Crippen molar-refractivity contribution in [2.75, 3.05) is 26.2 Å². The van der Waals surface area contributed by atoms with E-state index >= 15 is 0 Å². The first kappa shape index (κ1) is 12.6. The van der Waals surface area contributed by atoms with Gasteiger partial charge < -0.3 is 10.3 Å². The first-order valence-electron chi connectivity index (χ1n) is 6.55. The van der Waals surface area contributed by atoms with Gasteiger partial charge in [-0.2, -0.15) is 0 Å². The van der Waals surface area contributed by atoms with Crippen molar-refractivity contribution in [1.82, 2.24) is 15.2 Å². The summed E-state index contributed by atoms with van der Waals surface area (Å²) >= 11 is 0. The van der Waals surface area contributed by atoms with Crippen LogP contribution in [0.4, 0.5) is 8.78 Å². The van der Waals surface area contributed by atoms with Crippen LogP contribution in [0, 0.1) is 0 Å². The summed E-state index contributed by atoms with van der Waals surface area (Å²) in [5, 5.41) is 4.25. The summed E-state index contributed by atoms with van der Waals surface area (Å²) in [6.45, 7) is 2.87. The van der Waals surface area contributed by atoms with Gasteiger partial charge in [0.25, 0.3) is 6.43 Å². The summed E-state index contributed by atoms with van der Waals surface area (Å²) in [7, 11) is 0. The summed E-state index contributed by atoms with van der Waals surface area (Å²) < 4.78 is 26.8. The van der Waals surface area contributed by atoms with Crippen molar-refractivity contribution in [3.05, 3.63) is 36.0 Å². The molecular weight excluding hydrogens is 248 g/mol. The molecule has 1 aliphatic rings. The number of aromatic nitrogens is 1. The Hall–Kier alpha value is -1.46. The molecule has 0 bridgehead atoms. The molecule has 0 saturated carbocycles. The Balaban J connectivity index is 1.93. The highest BCUT2D eigenvalue weighted by Crippen LogP contribution is 2.29. The van der Waals surface area contributed by atoms with Crippen LogP contribution in [0.15, 0.2) is 30.5 Å². The van der Waals surface area contributed by atoms with Gasteiger partial charge in [0.1, 0.15) is 0 Å². The number of hydrogen-bond donors (Lipinski definition) is 2. The second-order valence-electron chi connectivity index (χ2n) is 4.89. The maximum Gasteiger partial charge on any atom is 0.258 e. The van der Waals surface area contributed by atoms with Crippen LogP contribution in [0.2, 0.25) is 0 Å². The van der Waals surface area contributed by atoms with Gasteiger partial charge in [0.15, 0.2) is 0 Å². The minimum absolute atomic E-state index is 0.664. The van der Waals surface area contributed by atoms with Crippen LogP contribution >= 0.6 is 0 Å². The van der Waals surface area contributed by atoms with Crippen LogP contribution < -0.4 is 5.32 Å². The van der Waals surface area contributed by atoms with Crippen LogP contribution in [0.25, 0.3) is 10.9 Å². The van der Waals surface area contributed by atoms with Crippen molar-refractivity contribution in [2.24, 2.45) is 0 Å². The lowest BCUT2D eigenvalue weighted by Crippen LogP contribution is -2.46. The van der Waals surface area contributed by atoms with E-state index in [1.54, 1.807) is 0 Å². The number of alkyl halides is 2. The molecule has 5 heteroatoms. The lowest BCUT2D eigenvalue weighted by atomic mass is 10.0. The predicted molar refractivity (Wildman–Crippen MR) is 71.5 cm³/mol. The van der Waals surface area contributed by atoms with Gasteiger partial charge in [-0.15, -0.1) is 0 Å². The van der Waals surface area contributed by atoms with Crippen molar-refractivity contribution < 1.29 is 8.78 Å². The van der Waals surface area contributed by atoms with Crippen LogP contribution in [-0.2, 0) is 0 Å². The average Bonchev–Trinajstić information content (AvgIpc) is 2.87. The fourth-order valence-electron chi connectivity index (χ4n) is 2.73. The highest BCUT2D eigenvalue weighted by Gasteiger charge is 2.30. The van der Waals surface area contributed by atoms with E-state index in [4.69, 9.17) is 0 Å². The number of benzene rings is 1. The first-order chi connectivity index (χ1) is 9.25. The van der Waals surface area contributed by atoms with E-state index in [1.165, 1.54) is 0 Å². The van der Waals surface area contributed by atoms with E-state index in [9.17, 15) is 8.78 Å². The number of nitrogens with zero attached hydrogens (tertiary/aromatic N) is 1. The molecule has 19 heavy (non-hydrogen) atoms. The van der Waals surface area contributed by atoms with E-state index in [0.717, 1.165) is 24.0 Å². The van der Waals surface area contributed by atoms with Crippen molar-refractivity contribution in [2.45, 2.75) is 12.5 Å². The Bertz CT molecular complexity index is 546. The standard InChI is InChI=1S/C14H17F2N3/c15-14(16)13(19-7-5-17-6-8-19)11-2-1-10-3-4-18-12(10)9-11/h1-4,9,13-14,17-18H,5-8H2/t13-/m1/s1. The summed E-state index contributed by atoms with van der Waals surface area (Å²) in [5.41, 5.74) is 1.60. The number of H-pyrrole nitrogens is 1. The zero-order valence-corrected chi connectivity index (χ0v) is 10.6. The monoisotopic (exact) mass is 265 g/mol. The van der Waals surface area contributed by atoms with E-state index in [1.807, 2.05) is 35.4 Å². The fourth-order valence-corrected chi connectivity index (χ4v) is 2.73. The average molecular weight is 265 g/mol. The summed E-state index contributed by atoms with van der Waals surface area (Å²) in [6.07, 6.45) is -0.540. The van der Waals surface area contributed by atoms with Crippen LogP contribution in [0.5, 0.6) is 0 Å². The second-order valence-corrected chi connectivity index (χ2v) is 4.89. The molecule has 0 radical (unpaired) electrons. The Kier molecular flexibility index (Phi) is 3.48. The first-order valence-corrected chi connectivity index (χ1v) is 6.55. The minimum atomic E-state index is -2.37. The van der Waals surface area contributed by atoms with Gasteiger partial charge in [-0.1, -0.05) is 12.1 Å². The smallest absolute Gasteiger partial charge is 0.258 e. The molecule has 1 saturated heterocycles. The Labute approximate surface area is 110 Å². The van der Waals surface area contributed by atoms with Gasteiger partial charge in [0.2, 0.25) is 0 Å². The van der Waals surface area contributed by atoms with Crippen LogP contribution in [0.3, 0.4) is 0 Å². The quantitative estimate of drug-likeness (QED) is 0.892. The van der Waals surface area contributed by atoms with Crippen molar-refractivity contribution in [3.8, 4) is 0 Å². The number of halogens is 2. The van der Waals surface area contributed by atoms with Gasteiger partial charge in [0, 0.05) is 37.9 Å². The number of piperazine rings is 1. The summed E-state index contributed by atoms with van der Waals surface area (Å²) in [6, 6.07) is 6.69. The zero-order valence-electron chi connectivity index (χ0n) is 10.6. The molecular formula is C14H17F2N3. The highest BCUT2D eigenvalue weighted by molar-refractivity contribution is 5.80. The highest BCUT2D eigenvalue weighted by atomic mass is 19.3. The lowest BCUT2D eigenvalue weighted by Gasteiger charge is -2.34. The molecule has 2 N–H and O–H groups in total. The summed E-state index contributed by atoms with van der Waals surface area (Å²) in [4.78, 5) is 4.95. The normalized spacial score (nSPS) is 19.1. The van der Waals surface area contributed by atoms with E-state index in [2.05, 4.69) is 10.3 Å². The molecule has 0 spiro atoms. The van der Waals surface area contributed by atoms with Gasteiger partial charge >= 0.3 is 0 Å². The van der Waals surface area contributed by atoms with Crippen LogP contribution in [-0.4, -0.2) is 42.5 Å². The molecule has 0 aliphatic carbocycles. The maximum absolute atomic E-state index is 13.4. The van der Waals surface area contributed by atoms with Gasteiger partial charge in [0.05, 0.1) is 6.04 Å². The second kappa shape index (κ2) is 5.27. The number of hydrogen-bond acceptors (Lipinski definition) is 2. The molecule has 1 aromatic carbocycles. The molecule has 2 aromatic rings. The largest absolute Gasteiger partial charge is 0.361 e. The third-order valence-electron chi connectivity index (χ3n) is 3.70. The van der Waals surface area contributed by atoms with Crippen LogP contribution in [0.1, 0.15) is 11.6 Å². The fraction of sp³-hybridized carbons (Fsp3) is 0.429. The Morgan fingerprint density at radius 1 is 1.11 bits per heavy atom.